The van der Waals surface area contributed by atoms with Gasteiger partial charge in [0.05, 0.1) is 19.8 Å². The highest BCUT2D eigenvalue weighted by Gasteiger charge is 2.09. The van der Waals surface area contributed by atoms with Crippen LogP contribution in [0, 0.1) is 6.92 Å². The molecule has 0 spiro atoms. The van der Waals surface area contributed by atoms with Crippen LogP contribution in [0.1, 0.15) is 29.7 Å². The molecular formula is C18H22O3. The van der Waals surface area contributed by atoms with Crippen LogP contribution in [-0.4, -0.2) is 18.8 Å². The highest BCUT2D eigenvalue weighted by molar-refractivity contribution is 5.38. The SMILES string of the molecule is COc1ccc(CCOc2cc(C)ccc2[C@H](C)O)cc1. The fraction of sp³-hybridized carbons (Fsp3) is 0.333. The zero-order chi connectivity index (χ0) is 15.2. The van der Waals surface area contributed by atoms with Crippen LogP contribution in [-0.2, 0) is 6.42 Å². The van der Waals surface area contributed by atoms with Gasteiger partial charge in [-0.3, -0.25) is 0 Å². The summed E-state index contributed by atoms with van der Waals surface area (Å²) in [6, 6.07) is 13.8. The van der Waals surface area contributed by atoms with E-state index in [2.05, 4.69) is 0 Å². The van der Waals surface area contributed by atoms with E-state index in [1.165, 1.54) is 5.56 Å². The molecule has 0 aromatic heterocycles. The molecule has 2 rings (SSSR count). The van der Waals surface area contributed by atoms with E-state index in [4.69, 9.17) is 9.47 Å². The number of aliphatic hydroxyl groups excluding tert-OH is 1. The van der Waals surface area contributed by atoms with E-state index in [1.54, 1.807) is 14.0 Å². The zero-order valence-electron chi connectivity index (χ0n) is 12.8. The summed E-state index contributed by atoms with van der Waals surface area (Å²) < 4.78 is 11.0. The normalized spacial score (nSPS) is 12.0. The second-order valence-electron chi connectivity index (χ2n) is 5.16. The lowest BCUT2D eigenvalue weighted by Gasteiger charge is -2.14. The van der Waals surface area contributed by atoms with Gasteiger partial charge in [-0.15, -0.1) is 0 Å². The highest BCUT2D eigenvalue weighted by Crippen LogP contribution is 2.26. The molecule has 0 saturated heterocycles. The van der Waals surface area contributed by atoms with Crippen molar-refractivity contribution < 1.29 is 14.6 Å². The molecule has 0 saturated carbocycles. The van der Waals surface area contributed by atoms with Crippen LogP contribution in [0.4, 0.5) is 0 Å². The van der Waals surface area contributed by atoms with Crippen molar-refractivity contribution in [2.24, 2.45) is 0 Å². The quantitative estimate of drug-likeness (QED) is 0.880. The van der Waals surface area contributed by atoms with Gasteiger partial charge < -0.3 is 14.6 Å². The van der Waals surface area contributed by atoms with Gasteiger partial charge in [-0.25, -0.2) is 0 Å². The molecule has 0 heterocycles. The maximum atomic E-state index is 9.78. The zero-order valence-corrected chi connectivity index (χ0v) is 12.8. The summed E-state index contributed by atoms with van der Waals surface area (Å²) in [5.74, 6) is 1.62. The molecule has 3 nitrogen and oxygen atoms in total. The minimum Gasteiger partial charge on any atom is -0.497 e. The third kappa shape index (κ3) is 4.23. The summed E-state index contributed by atoms with van der Waals surface area (Å²) in [5.41, 5.74) is 3.15. The molecule has 0 unspecified atom stereocenters. The number of ether oxygens (including phenoxy) is 2. The Morgan fingerprint density at radius 2 is 1.81 bits per heavy atom. The van der Waals surface area contributed by atoms with Gasteiger partial charge in [0.15, 0.2) is 0 Å². The molecular weight excluding hydrogens is 264 g/mol. The molecule has 1 N–H and O–H groups in total. The van der Waals surface area contributed by atoms with E-state index >= 15 is 0 Å². The first-order valence-corrected chi connectivity index (χ1v) is 7.14. The Morgan fingerprint density at radius 1 is 1.10 bits per heavy atom. The Balaban J connectivity index is 1.97. The number of aryl methyl sites for hydroxylation is 1. The monoisotopic (exact) mass is 286 g/mol. The number of methoxy groups -OCH3 is 1. The average Bonchev–Trinajstić information content (AvgIpc) is 2.48. The van der Waals surface area contributed by atoms with Crippen LogP contribution >= 0.6 is 0 Å². The third-order valence-corrected chi connectivity index (χ3v) is 3.43. The van der Waals surface area contributed by atoms with E-state index in [1.807, 2.05) is 49.4 Å². The Morgan fingerprint density at radius 3 is 2.43 bits per heavy atom. The van der Waals surface area contributed by atoms with E-state index in [-0.39, 0.29) is 0 Å². The van der Waals surface area contributed by atoms with Crippen molar-refractivity contribution in [1.82, 2.24) is 0 Å². The molecule has 2 aromatic rings. The van der Waals surface area contributed by atoms with Crippen LogP contribution in [0.5, 0.6) is 11.5 Å². The van der Waals surface area contributed by atoms with Gasteiger partial charge in [-0.05, 0) is 43.2 Å². The lowest BCUT2D eigenvalue weighted by atomic mass is 10.1. The average molecular weight is 286 g/mol. The van der Waals surface area contributed by atoms with Gasteiger partial charge in [-0.1, -0.05) is 24.3 Å². The molecule has 3 heteroatoms. The van der Waals surface area contributed by atoms with Crippen LogP contribution in [0.15, 0.2) is 42.5 Å². The highest BCUT2D eigenvalue weighted by atomic mass is 16.5. The Bertz CT molecular complexity index is 574. The van der Waals surface area contributed by atoms with E-state index < -0.39 is 6.10 Å². The second-order valence-corrected chi connectivity index (χ2v) is 5.16. The number of hydrogen-bond acceptors (Lipinski definition) is 3. The summed E-state index contributed by atoms with van der Waals surface area (Å²) in [7, 11) is 1.66. The maximum Gasteiger partial charge on any atom is 0.125 e. The van der Waals surface area contributed by atoms with Gasteiger partial charge in [0.1, 0.15) is 11.5 Å². The molecule has 21 heavy (non-hydrogen) atoms. The smallest absolute Gasteiger partial charge is 0.125 e. The van der Waals surface area contributed by atoms with Gasteiger partial charge in [0.2, 0.25) is 0 Å². The predicted octanol–water partition coefficient (Wildman–Crippen LogP) is 3.68. The first-order valence-electron chi connectivity index (χ1n) is 7.14. The van der Waals surface area contributed by atoms with E-state index in [0.717, 1.165) is 29.0 Å². The Labute approximate surface area is 126 Å². The second kappa shape index (κ2) is 7.14. The molecule has 2 aromatic carbocycles. The van der Waals surface area contributed by atoms with Crippen molar-refractivity contribution in [3.05, 3.63) is 59.2 Å². The van der Waals surface area contributed by atoms with Gasteiger partial charge in [-0.2, -0.15) is 0 Å². The largest absolute Gasteiger partial charge is 0.497 e. The predicted molar refractivity (Wildman–Crippen MR) is 84.0 cm³/mol. The van der Waals surface area contributed by atoms with Crippen molar-refractivity contribution in [1.29, 1.82) is 0 Å². The standard InChI is InChI=1S/C18H22O3/c1-13-4-9-17(14(2)19)18(12-13)21-11-10-15-5-7-16(20-3)8-6-15/h4-9,12,14,19H,10-11H2,1-3H3/t14-/m0/s1. The summed E-state index contributed by atoms with van der Waals surface area (Å²) in [4.78, 5) is 0. The van der Waals surface area contributed by atoms with Crippen molar-refractivity contribution >= 4 is 0 Å². The molecule has 0 bridgehead atoms. The fourth-order valence-electron chi connectivity index (χ4n) is 2.18. The van der Waals surface area contributed by atoms with E-state index in [0.29, 0.717) is 6.61 Å². The molecule has 0 amide bonds. The summed E-state index contributed by atoms with van der Waals surface area (Å²) in [5, 5.41) is 9.78. The first-order chi connectivity index (χ1) is 10.1. The minimum absolute atomic E-state index is 0.526. The third-order valence-electron chi connectivity index (χ3n) is 3.43. The summed E-state index contributed by atoms with van der Waals surface area (Å²) in [6.07, 6.45) is 0.290. The molecule has 0 radical (unpaired) electrons. The lowest BCUT2D eigenvalue weighted by molar-refractivity contribution is 0.191. The summed E-state index contributed by atoms with van der Waals surface area (Å²) in [6.45, 7) is 4.35. The van der Waals surface area contributed by atoms with Crippen molar-refractivity contribution in [3.63, 3.8) is 0 Å². The van der Waals surface area contributed by atoms with Crippen LogP contribution in [0.25, 0.3) is 0 Å². The molecule has 0 fully saturated rings. The van der Waals surface area contributed by atoms with Crippen LogP contribution in [0.2, 0.25) is 0 Å². The fourth-order valence-corrected chi connectivity index (χ4v) is 2.18. The van der Waals surface area contributed by atoms with Gasteiger partial charge >= 0.3 is 0 Å². The molecule has 112 valence electrons. The number of rotatable bonds is 6. The maximum absolute atomic E-state index is 9.78. The number of benzene rings is 2. The molecule has 0 aliphatic rings. The first kappa shape index (κ1) is 15.4. The molecule has 0 aliphatic carbocycles. The topological polar surface area (TPSA) is 38.7 Å². The van der Waals surface area contributed by atoms with Crippen molar-refractivity contribution in [2.75, 3.05) is 13.7 Å². The molecule has 0 aliphatic heterocycles. The number of hydrogen-bond donors (Lipinski definition) is 1. The summed E-state index contributed by atoms with van der Waals surface area (Å²) >= 11 is 0. The Hall–Kier alpha value is -2.00. The van der Waals surface area contributed by atoms with Crippen LogP contribution in [0.3, 0.4) is 0 Å². The van der Waals surface area contributed by atoms with E-state index in [9.17, 15) is 5.11 Å². The van der Waals surface area contributed by atoms with Crippen LogP contribution < -0.4 is 9.47 Å². The Kier molecular flexibility index (Phi) is 5.23. The van der Waals surface area contributed by atoms with Crippen molar-refractivity contribution in [3.8, 4) is 11.5 Å². The molecule has 1 atom stereocenters. The lowest BCUT2D eigenvalue weighted by Crippen LogP contribution is -2.05. The van der Waals surface area contributed by atoms with Gasteiger partial charge in [0, 0.05) is 12.0 Å². The van der Waals surface area contributed by atoms with Crippen molar-refractivity contribution in [2.45, 2.75) is 26.4 Å². The minimum atomic E-state index is -0.526. The van der Waals surface area contributed by atoms with Gasteiger partial charge in [0.25, 0.3) is 0 Å². The number of aliphatic hydroxyl groups is 1.